The summed E-state index contributed by atoms with van der Waals surface area (Å²) in [7, 11) is -4.02. The highest BCUT2D eigenvalue weighted by Crippen LogP contribution is 2.42. The van der Waals surface area contributed by atoms with Crippen LogP contribution in [0.4, 0.5) is 5.82 Å². The minimum absolute atomic E-state index is 0.105. The number of nitrogens with zero attached hydrogens (tertiary/aromatic N) is 2. The summed E-state index contributed by atoms with van der Waals surface area (Å²) in [6.45, 7) is 3.90. The molecule has 0 spiro atoms. The number of hydrogen-bond acceptors (Lipinski definition) is 5. The second kappa shape index (κ2) is 9.74. The largest absolute Gasteiger partial charge is 0.462 e. The highest BCUT2D eigenvalue weighted by molar-refractivity contribution is 7.92. The second-order valence-corrected chi connectivity index (χ2v) is 10.8. The molecule has 5 rings (SSSR count). The van der Waals surface area contributed by atoms with Crippen molar-refractivity contribution in [3.05, 3.63) is 101 Å². The maximum Gasteiger partial charge on any atom is 0.338 e. The summed E-state index contributed by atoms with van der Waals surface area (Å²) >= 11 is 0. The first kappa shape index (κ1) is 24.0. The number of benzene rings is 3. The van der Waals surface area contributed by atoms with Gasteiger partial charge in [0.1, 0.15) is 5.82 Å². The molecule has 4 aromatic rings. The highest BCUT2D eigenvalue weighted by Gasteiger charge is 2.37. The van der Waals surface area contributed by atoms with Crippen molar-refractivity contribution in [3.63, 3.8) is 0 Å². The number of pyridine rings is 1. The molecule has 184 valence electrons. The van der Waals surface area contributed by atoms with Gasteiger partial charge in [0.2, 0.25) is 0 Å². The van der Waals surface area contributed by atoms with Crippen LogP contribution >= 0.6 is 0 Å². The van der Waals surface area contributed by atoms with E-state index < -0.39 is 22.0 Å². The van der Waals surface area contributed by atoms with Gasteiger partial charge in [-0.25, -0.2) is 22.5 Å². The summed E-state index contributed by atoms with van der Waals surface area (Å²) < 4.78 is 35.2. The number of anilines is 1. The third-order valence-corrected chi connectivity index (χ3v) is 8.59. The average Bonchev–Trinajstić information content (AvgIpc) is 2.90. The van der Waals surface area contributed by atoms with Crippen molar-refractivity contribution in [1.82, 2.24) is 4.98 Å². The minimum Gasteiger partial charge on any atom is -0.462 e. The van der Waals surface area contributed by atoms with Crippen molar-refractivity contribution < 1.29 is 17.9 Å². The van der Waals surface area contributed by atoms with Gasteiger partial charge in [-0.2, -0.15) is 0 Å². The smallest absolute Gasteiger partial charge is 0.338 e. The number of fused-ring (bicyclic) bond motifs is 2. The van der Waals surface area contributed by atoms with Gasteiger partial charge in [0, 0.05) is 17.1 Å². The van der Waals surface area contributed by atoms with Crippen molar-refractivity contribution in [2.24, 2.45) is 0 Å². The molecule has 1 aliphatic carbocycles. The molecular weight excluding hydrogens is 472 g/mol. The van der Waals surface area contributed by atoms with Crippen molar-refractivity contribution >= 4 is 32.6 Å². The molecule has 0 radical (unpaired) electrons. The fourth-order valence-corrected chi connectivity index (χ4v) is 6.69. The topological polar surface area (TPSA) is 76.6 Å². The van der Waals surface area contributed by atoms with Crippen molar-refractivity contribution in [2.45, 2.75) is 44.0 Å². The summed E-state index contributed by atoms with van der Waals surface area (Å²) in [5.74, 6) is -0.0589. The molecule has 1 aromatic heterocycles. The Morgan fingerprint density at radius 1 is 1.03 bits per heavy atom. The van der Waals surface area contributed by atoms with Gasteiger partial charge in [0.25, 0.3) is 10.0 Å². The van der Waals surface area contributed by atoms with Crippen LogP contribution in [-0.4, -0.2) is 26.0 Å². The molecule has 0 saturated heterocycles. The number of aromatic nitrogens is 1. The molecule has 0 unspecified atom stereocenters. The van der Waals surface area contributed by atoms with Crippen LogP contribution < -0.4 is 4.31 Å². The molecule has 0 saturated carbocycles. The molecule has 1 atom stereocenters. The van der Waals surface area contributed by atoms with Crippen molar-refractivity contribution in [1.29, 1.82) is 0 Å². The molecule has 0 aliphatic heterocycles. The number of hydrogen-bond donors (Lipinski definition) is 0. The Bertz CT molecular complexity index is 1530. The number of ether oxygens (including phenoxy) is 1. The van der Waals surface area contributed by atoms with Crippen LogP contribution in [0, 0.1) is 6.92 Å². The third kappa shape index (κ3) is 4.24. The first-order chi connectivity index (χ1) is 17.4. The summed E-state index contributed by atoms with van der Waals surface area (Å²) in [5.41, 5.74) is 3.28. The van der Waals surface area contributed by atoms with Crippen LogP contribution in [0.5, 0.6) is 0 Å². The lowest BCUT2D eigenvalue weighted by atomic mass is 9.87. The normalized spacial score (nSPS) is 15.3. The summed E-state index contributed by atoms with van der Waals surface area (Å²) in [4.78, 5) is 16.9. The molecule has 0 amide bonds. The second-order valence-electron chi connectivity index (χ2n) is 8.95. The Balaban J connectivity index is 1.68. The van der Waals surface area contributed by atoms with Gasteiger partial charge in [0.15, 0.2) is 0 Å². The lowest BCUT2D eigenvalue weighted by molar-refractivity contribution is 0.0526. The van der Waals surface area contributed by atoms with Crippen molar-refractivity contribution in [3.8, 4) is 0 Å². The number of sulfonamides is 1. The van der Waals surface area contributed by atoms with E-state index in [1.165, 1.54) is 28.6 Å². The van der Waals surface area contributed by atoms with Gasteiger partial charge in [-0.15, -0.1) is 0 Å². The maximum absolute atomic E-state index is 14.3. The molecular formula is C29H28N2O4S. The van der Waals surface area contributed by atoms with E-state index in [2.05, 4.69) is 11.1 Å². The van der Waals surface area contributed by atoms with E-state index in [0.717, 1.165) is 40.3 Å². The minimum atomic E-state index is -4.02. The number of carbonyl (C=O) groups excluding carboxylic acids is 1. The molecule has 36 heavy (non-hydrogen) atoms. The predicted molar refractivity (Wildman–Crippen MR) is 141 cm³/mol. The lowest BCUT2D eigenvalue weighted by Gasteiger charge is -2.36. The van der Waals surface area contributed by atoms with Crippen LogP contribution in [0.15, 0.2) is 83.9 Å². The zero-order valence-electron chi connectivity index (χ0n) is 20.3. The number of rotatable bonds is 6. The molecule has 3 aromatic carbocycles. The Labute approximate surface area is 211 Å². The SMILES string of the molecule is CCOC(=O)c1ccc(S(=O)(=O)N(c2ncc3ccccc3c2C)[C@H]2CCCc3ccccc32)cc1. The van der Waals surface area contributed by atoms with Gasteiger partial charge in [-0.1, -0.05) is 48.5 Å². The van der Waals surface area contributed by atoms with E-state index >= 15 is 0 Å². The highest BCUT2D eigenvalue weighted by atomic mass is 32.2. The quantitative estimate of drug-likeness (QED) is 0.304. The predicted octanol–water partition coefficient (Wildman–Crippen LogP) is 5.99. The van der Waals surface area contributed by atoms with Crippen LogP contribution in [0.25, 0.3) is 10.8 Å². The monoisotopic (exact) mass is 500 g/mol. The Hall–Kier alpha value is -3.71. The first-order valence-electron chi connectivity index (χ1n) is 12.2. The average molecular weight is 501 g/mol. The summed E-state index contributed by atoms with van der Waals surface area (Å²) in [5, 5.41) is 1.92. The van der Waals surface area contributed by atoms with Crippen LogP contribution in [0.3, 0.4) is 0 Å². The molecule has 7 heteroatoms. The van der Waals surface area contributed by atoms with Gasteiger partial charge in [0.05, 0.1) is 23.1 Å². The van der Waals surface area contributed by atoms with E-state index in [0.29, 0.717) is 17.8 Å². The van der Waals surface area contributed by atoms with E-state index in [4.69, 9.17) is 4.74 Å². The number of aryl methyl sites for hydroxylation is 2. The number of carbonyl (C=O) groups is 1. The fourth-order valence-electron chi connectivity index (χ4n) is 5.01. The fraction of sp³-hybridized carbons (Fsp3) is 0.241. The van der Waals surface area contributed by atoms with E-state index in [1.807, 2.05) is 49.4 Å². The Morgan fingerprint density at radius 3 is 2.53 bits per heavy atom. The van der Waals surface area contributed by atoms with E-state index in [9.17, 15) is 13.2 Å². The standard InChI is InChI=1S/C29H28N2O4S/c1-3-35-29(32)22-15-17-24(18-16-22)36(33,34)31(27-14-8-11-21-9-4-7-13-26(21)27)28-20(2)25-12-6-5-10-23(25)19-30-28/h4-7,9-10,12-13,15-19,27H,3,8,11,14H2,1-2H3/t27-/m0/s1. The zero-order valence-corrected chi connectivity index (χ0v) is 21.2. The number of esters is 1. The molecule has 0 bridgehead atoms. The third-order valence-electron chi connectivity index (χ3n) is 6.78. The summed E-state index contributed by atoms with van der Waals surface area (Å²) in [6.07, 6.45) is 4.21. The van der Waals surface area contributed by atoms with E-state index in [1.54, 1.807) is 13.1 Å². The zero-order chi connectivity index (χ0) is 25.3. The Kier molecular flexibility index (Phi) is 6.49. The molecule has 1 aliphatic rings. The van der Waals surface area contributed by atoms with Crippen LogP contribution in [0.1, 0.15) is 52.9 Å². The molecule has 0 fully saturated rings. The van der Waals surface area contributed by atoms with Crippen LogP contribution in [-0.2, 0) is 21.2 Å². The van der Waals surface area contributed by atoms with Gasteiger partial charge >= 0.3 is 5.97 Å². The summed E-state index contributed by atoms with van der Waals surface area (Å²) in [6, 6.07) is 21.4. The molecule has 1 heterocycles. The first-order valence-corrected chi connectivity index (χ1v) is 13.6. The van der Waals surface area contributed by atoms with E-state index in [-0.39, 0.29) is 11.5 Å². The van der Waals surface area contributed by atoms with Gasteiger partial charge in [-0.3, -0.25) is 0 Å². The molecule has 6 nitrogen and oxygen atoms in total. The van der Waals surface area contributed by atoms with Crippen LogP contribution in [0.2, 0.25) is 0 Å². The van der Waals surface area contributed by atoms with Gasteiger partial charge < -0.3 is 4.74 Å². The van der Waals surface area contributed by atoms with Gasteiger partial charge in [-0.05, 0) is 73.9 Å². The maximum atomic E-state index is 14.3. The molecule has 0 N–H and O–H groups in total. The van der Waals surface area contributed by atoms with Crippen molar-refractivity contribution in [2.75, 3.05) is 10.9 Å². The Morgan fingerprint density at radius 2 is 1.75 bits per heavy atom. The lowest BCUT2D eigenvalue weighted by Crippen LogP contribution is -2.38.